The molecule has 1 nitrogen and oxygen atoms in total. The van der Waals surface area contributed by atoms with Crippen molar-refractivity contribution < 1.29 is 4.74 Å². The van der Waals surface area contributed by atoms with Crippen molar-refractivity contribution in [3.63, 3.8) is 0 Å². The summed E-state index contributed by atoms with van der Waals surface area (Å²) in [6.07, 6.45) is 10.4. The van der Waals surface area contributed by atoms with E-state index in [0.29, 0.717) is 6.61 Å². The number of benzene rings is 1. The highest BCUT2D eigenvalue weighted by atomic mass is 35.5. The molecule has 0 spiro atoms. The van der Waals surface area contributed by atoms with Crippen LogP contribution in [0, 0.1) is 0 Å². The fourth-order valence-electron chi connectivity index (χ4n) is 2.39. The Bertz CT molecular complexity index is 334. The average molecular weight is 297 g/mol. The van der Waals surface area contributed by atoms with E-state index in [9.17, 15) is 0 Å². The average Bonchev–Trinajstić information content (AvgIpc) is 2.47. The van der Waals surface area contributed by atoms with Gasteiger partial charge in [-0.3, -0.25) is 0 Å². The minimum atomic E-state index is 0.140. The van der Waals surface area contributed by atoms with Crippen LogP contribution in [0.5, 0.6) is 5.75 Å². The normalized spacial score (nSPS) is 12.3. The molecular formula is C18H29ClO. The van der Waals surface area contributed by atoms with E-state index in [1.807, 2.05) is 19.1 Å². The summed E-state index contributed by atoms with van der Waals surface area (Å²) in [4.78, 5) is 0. The number of rotatable bonds is 11. The van der Waals surface area contributed by atoms with Gasteiger partial charge in [-0.1, -0.05) is 64.0 Å². The number of hydrogen-bond donors (Lipinski definition) is 0. The summed E-state index contributed by atoms with van der Waals surface area (Å²) >= 11 is 6.46. The van der Waals surface area contributed by atoms with E-state index in [-0.39, 0.29) is 5.38 Å². The largest absolute Gasteiger partial charge is 0.494 e. The Morgan fingerprint density at radius 2 is 1.50 bits per heavy atom. The van der Waals surface area contributed by atoms with Crippen molar-refractivity contribution in [3.8, 4) is 5.75 Å². The third-order valence-electron chi connectivity index (χ3n) is 3.61. The van der Waals surface area contributed by atoms with Gasteiger partial charge in [0, 0.05) is 0 Å². The van der Waals surface area contributed by atoms with Crippen molar-refractivity contribution in [1.82, 2.24) is 0 Å². The van der Waals surface area contributed by atoms with Crippen LogP contribution in [0.4, 0.5) is 0 Å². The van der Waals surface area contributed by atoms with Crippen LogP contribution in [0.2, 0.25) is 0 Å². The Kier molecular flexibility index (Phi) is 9.57. The molecule has 20 heavy (non-hydrogen) atoms. The van der Waals surface area contributed by atoms with Crippen molar-refractivity contribution in [1.29, 1.82) is 0 Å². The van der Waals surface area contributed by atoms with Crippen LogP contribution in [-0.4, -0.2) is 6.61 Å². The molecule has 0 radical (unpaired) electrons. The summed E-state index contributed by atoms with van der Waals surface area (Å²) in [6.45, 7) is 4.97. The lowest BCUT2D eigenvalue weighted by Gasteiger charge is -2.11. The Hall–Kier alpha value is -0.690. The van der Waals surface area contributed by atoms with Crippen LogP contribution in [-0.2, 0) is 0 Å². The van der Waals surface area contributed by atoms with E-state index in [1.165, 1.54) is 50.5 Å². The molecule has 0 aliphatic rings. The molecule has 0 N–H and O–H groups in total. The van der Waals surface area contributed by atoms with Crippen molar-refractivity contribution in [2.24, 2.45) is 0 Å². The van der Waals surface area contributed by atoms with E-state index in [2.05, 4.69) is 19.1 Å². The Morgan fingerprint density at radius 1 is 0.900 bits per heavy atom. The highest BCUT2D eigenvalue weighted by Gasteiger charge is 2.07. The smallest absolute Gasteiger partial charge is 0.119 e. The summed E-state index contributed by atoms with van der Waals surface area (Å²) in [6, 6.07) is 8.20. The van der Waals surface area contributed by atoms with E-state index in [4.69, 9.17) is 16.3 Å². The molecule has 1 aromatic carbocycles. The van der Waals surface area contributed by atoms with Gasteiger partial charge in [-0.25, -0.2) is 0 Å². The van der Waals surface area contributed by atoms with Gasteiger partial charge in [0.25, 0.3) is 0 Å². The molecule has 0 bridgehead atoms. The molecule has 0 heterocycles. The fraction of sp³-hybridized carbons (Fsp3) is 0.667. The Labute approximate surface area is 129 Å². The van der Waals surface area contributed by atoms with Gasteiger partial charge in [0.05, 0.1) is 12.0 Å². The number of halogens is 1. The number of unbranched alkanes of at least 4 members (excludes halogenated alkanes) is 6. The van der Waals surface area contributed by atoms with Gasteiger partial charge in [-0.15, -0.1) is 11.6 Å². The first kappa shape index (κ1) is 17.4. The molecule has 0 saturated carbocycles. The zero-order chi connectivity index (χ0) is 14.6. The molecule has 1 unspecified atom stereocenters. The van der Waals surface area contributed by atoms with Gasteiger partial charge in [0.2, 0.25) is 0 Å². The molecule has 0 aliphatic heterocycles. The molecule has 114 valence electrons. The zero-order valence-corrected chi connectivity index (χ0v) is 13.8. The van der Waals surface area contributed by atoms with Crippen molar-refractivity contribution >= 4 is 11.6 Å². The molecule has 0 fully saturated rings. The summed E-state index contributed by atoms with van der Waals surface area (Å²) in [5.74, 6) is 0.927. The van der Waals surface area contributed by atoms with Gasteiger partial charge in [0.1, 0.15) is 5.75 Å². The minimum Gasteiger partial charge on any atom is -0.494 e. The van der Waals surface area contributed by atoms with E-state index >= 15 is 0 Å². The van der Waals surface area contributed by atoms with Crippen LogP contribution in [0.1, 0.15) is 76.2 Å². The van der Waals surface area contributed by atoms with E-state index < -0.39 is 0 Å². The molecule has 1 aromatic rings. The fourth-order valence-corrected chi connectivity index (χ4v) is 2.69. The summed E-state index contributed by atoms with van der Waals surface area (Å²) in [7, 11) is 0. The Morgan fingerprint density at radius 3 is 2.10 bits per heavy atom. The van der Waals surface area contributed by atoms with Crippen LogP contribution in [0.3, 0.4) is 0 Å². The summed E-state index contributed by atoms with van der Waals surface area (Å²) < 4.78 is 5.44. The summed E-state index contributed by atoms with van der Waals surface area (Å²) in [5.41, 5.74) is 1.21. The van der Waals surface area contributed by atoms with Gasteiger partial charge in [0.15, 0.2) is 0 Å². The second-order valence-electron chi connectivity index (χ2n) is 5.38. The van der Waals surface area contributed by atoms with Crippen molar-refractivity contribution in [2.45, 2.75) is 70.6 Å². The van der Waals surface area contributed by atoms with E-state index in [1.54, 1.807) is 0 Å². The molecule has 1 rings (SSSR count). The molecule has 0 saturated heterocycles. The maximum Gasteiger partial charge on any atom is 0.119 e. The van der Waals surface area contributed by atoms with Crippen LogP contribution in [0.15, 0.2) is 24.3 Å². The summed E-state index contributed by atoms with van der Waals surface area (Å²) in [5, 5.41) is 0.140. The SMILES string of the molecule is CCCCCCCCCC(Cl)c1ccc(OCC)cc1. The first-order valence-electron chi connectivity index (χ1n) is 8.14. The third kappa shape index (κ3) is 7.19. The zero-order valence-electron chi connectivity index (χ0n) is 13.0. The maximum absolute atomic E-state index is 6.46. The highest BCUT2D eigenvalue weighted by Crippen LogP contribution is 2.28. The van der Waals surface area contributed by atoms with Crippen molar-refractivity contribution in [2.75, 3.05) is 6.61 Å². The quantitative estimate of drug-likeness (QED) is 0.334. The molecule has 0 amide bonds. The van der Waals surface area contributed by atoms with Crippen LogP contribution < -0.4 is 4.74 Å². The van der Waals surface area contributed by atoms with Gasteiger partial charge < -0.3 is 4.74 Å². The predicted molar refractivity (Wildman–Crippen MR) is 88.8 cm³/mol. The first-order valence-corrected chi connectivity index (χ1v) is 8.58. The molecule has 0 aromatic heterocycles. The molecular weight excluding hydrogens is 268 g/mol. The van der Waals surface area contributed by atoms with Gasteiger partial charge >= 0.3 is 0 Å². The first-order chi connectivity index (χ1) is 9.77. The third-order valence-corrected chi connectivity index (χ3v) is 4.08. The number of alkyl halides is 1. The van der Waals surface area contributed by atoms with Gasteiger partial charge in [-0.2, -0.15) is 0 Å². The van der Waals surface area contributed by atoms with Crippen molar-refractivity contribution in [3.05, 3.63) is 29.8 Å². The van der Waals surface area contributed by atoms with Crippen LogP contribution in [0.25, 0.3) is 0 Å². The molecule has 0 aliphatic carbocycles. The van der Waals surface area contributed by atoms with E-state index in [0.717, 1.165) is 12.2 Å². The number of ether oxygens (including phenoxy) is 1. The number of hydrogen-bond acceptors (Lipinski definition) is 1. The topological polar surface area (TPSA) is 9.23 Å². The predicted octanol–water partition coefficient (Wildman–Crippen LogP) is 6.51. The lowest BCUT2D eigenvalue weighted by Crippen LogP contribution is -1.94. The van der Waals surface area contributed by atoms with Crippen LogP contribution >= 0.6 is 11.6 Å². The lowest BCUT2D eigenvalue weighted by atomic mass is 10.0. The minimum absolute atomic E-state index is 0.140. The lowest BCUT2D eigenvalue weighted by molar-refractivity contribution is 0.340. The molecule has 1 atom stereocenters. The maximum atomic E-state index is 6.46. The standard InChI is InChI=1S/C18H29ClO/c1-3-5-6-7-8-9-10-11-18(19)16-12-14-17(15-13-16)20-4-2/h12-15,18H,3-11H2,1-2H3. The second kappa shape index (κ2) is 11.0. The molecule has 2 heteroatoms. The van der Waals surface area contributed by atoms with Gasteiger partial charge in [-0.05, 0) is 31.0 Å². The Balaban J connectivity index is 2.17. The second-order valence-corrected chi connectivity index (χ2v) is 5.91. The monoisotopic (exact) mass is 296 g/mol. The highest BCUT2D eigenvalue weighted by molar-refractivity contribution is 6.20.